The molecule has 0 aliphatic carbocycles. The fourth-order valence-electron chi connectivity index (χ4n) is 5.74. The molecule has 6 rings (SSSR count). The van der Waals surface area contributed by atoms with E-state index in [4.69, 9.17) is 21.6 Å². The molecule has 0 radical (unpaired) electrons. The molecule has 0 bridgehead atoms. The van der Waals surface area contributed by atoms with Gasteiger partial charge in [-0.25, -0.2) is 14.4 Å². The highest BCUT2D eigenvalue weighted by Gasteiger charge is 2.29. The Morgan fingerprint density at radius 1 is 1.09 bits per heavy atom. The highest BCUT2D eigenvalue weighted by Crippen LogP contribution is 2.32. The maximum absolute atomic E-state index is 15.0. The Bertz CT molecular complexity index is 1780. The molecule has 0 saturated carbocycles. The second kappa shape index (κ2) is 13.6. The van der Waals surface area contributed by atoms with Crippen molar-refractivity contribution in [3.63, 3.8) is 0 Å². The normalized spacial score (nSPS) is 16.1. The summed E-state index contributed by atoms with van der Waals surface area (Å²) in [7, 11) is 4.25. The number of amides is 1. The van der Waals surface area contributed by atoms with Gasteiger partial charge in [0.05, 0.1) is 22.5 Å². The van der Waals surface area contributed by atoms with Gasteiger partial charge in [0.1, 0.15) is 6.07 Å². The molecule has 0 unspecified atom stereocenters. The predicted molar refractivity (Wildman–Crippen MR) is 170 cm³/mol. The summed E-state index contributed by atoms with van der Waals surface area (Å²) in [5, 5.41) is 12.1. The van der Waals surface area contributed by atoms with E-state index in [-0.39, 0.29) is 17.2 Å². The second-order valence-electron chi connectivity index (χ2n) is 11.6. The molecule has 2 aromatic heterocycles. The molecular formula is C32H34ClF2N9O2. The Kier molecular flexibility index (Phi) is 9.32. The summed E-state index contributed by atoms with van der Waals surface area (Å²) in [5.41, 5.74) is 1.62. The first-order valence-corrected chi connectivity index (χ1v) is 15.4. The molecule has 4 aromatic rings. The van der Waals surface area contributed by atoms with Crippen LogP contribution in [0.1, 0.15) is 10.4 Å². The van der Waals surface area contributed by atoms with Gasteiger partial charge in [0.2, 0.25) is 5.82 Å². The van der Waals surface area contributed by atoms with E-state index in [1.807, 2.05) is 4.90 Å². The van der Waals surface area contributed by atoms with Crippen LogP contribution in [0.4, 0.5) is 20.3 Å². The number of fused-ring (bicyclic) bond motifs is 1. The van der Waals surface area contributed by atoms with Crippen molar-refractivity contribution in [1.29, 1.82) is 5.26 Å². The number of hydrogen-bond acceptors (Lipinski definition) is 9. The van der Waals surface area contributed by atoms with E-state index in [9.17, 15) is 13.6 Å². The van der Waals surface area contributed by atoms with Crippen LogP contribution in [0.3, 0.4) is 0 Å². The number of benzene rings is 2. The van der Waals surface area contributed by atoms with Gasteiger partial charge in [0.15, 0.2) is 29.6 Å². The molecule has 240 valence electrons. The fraction of sp³-hybridized carbons (Fsp3) is 0.375. The van der Waals surface area contributed by atoms with Gasteiger partial charge in [-0.2, -0.15) is 9.65 Å². The first-order chi connectivity index (χ1) is 22.2. The number of likely N-dealkylation sites (N-methyl/N-ethyl adjacent to an activating group) is 1. The minimum absolute atomic E-state index is 0.0347. The molecule has 2 aromatic carbocycles. The number of anilines is 2. The molecule has 0 atom stereocenters. The van der Waals surface area contributed by atoms with Crippen molar-refractivity contribution in [2.45, 2.75) is 6.04 Å². The van der Waals surface area contributed by atoms with E-state index in [2.05, 4.69) is 44.1 Å². The highest BCUT2D eigenvalue weighted by atomic mass is 35.5. The summed E-state index contributed by atoms with van der Waals surface area (Å²) in [6, 6.07) is 10.1. The summed E-state index contributed by atoms with van der Waals surface area (Å²) >= 11 is 6.61. The Balaban J connectivity index is 1.09. The van der Waals surface area contributed by atoms with Gasteiger partial charge in [-0.3, -0.25) is 19.0 Å². The number of likely N-dealkylation sites (tertiary alicyclic amines) is 1. The lowest BCUT2D eigenvalue weighted by Crippen LogP contribution is -2.59. The van der Waals surface area contributed by atoms with E-state index in [1.165, 1.54) is 24.5 Å². The van der Waals surface area contributed by atoms with Gasteiger partial charge in [0, 0.05) is 82.0 Å². The third-order valence-corrected chi connectivity index (χ3v) is 8.88. The largest absolute Gasteiger partial charge is 0.476 e. The van der Waals surface area contributed by atoms with Crippen LogP contribution in [0.5, 0.6) is 5.75 Å². The first-order valence-electron chi connectivity index (χ1n) is 15.0. The van der Waals surface area contributed by atoms with Crippen molar-refractivity contribution < 1.29 is 18.3 Å². The number of piperazine rings is 1. The number of aromatic nitrogens is 3. The zero-order chi connectivity index (χ0) is 32.4. The molecule has 4 heterocycles. The molecule has 46 heavy (non-hydrogen) atoms. The van der Waals surface area contributed by atoms with Crippen LogP contribution in [-0.4, -0.2) is 119 Å². The maximum Gasteiger partial charge on any atom is 0.255 e. The van der Waals surface area contributed by atoms with Gasteiger partial charge in [-0.05, 0) is 44.4 Å². The summed E-state index contributed by atoms with van der Waals surface area (Å²) in [6.45, 7) is 6.80. The summed E-state index contributed by atoms with van der Waals surface area (Å²) in [5.74, 6) is -2.42. The SMILES string of the molecule is CN(C)C1CN(CCN2CCN(C(=O)c3ccc(Nc4nccn5c(-c6ccc(OCC#N)c(F)c6F)cnc45)cc3Cl)CC2)C1. The lowest BCUT2D eigenvalue weighted by atomic mass is 10.1. The minimum atomic E-state index is -1.19. The molecule has 0 spiro atoms. The highest BCUT2D eigenvalue weighted by molar-refractivity contribution is 6.34. The zero-order valence-electron chi connectivity index (χ0n) is 25.6. The topological polar surface area (TPSA) is 105 Å². The predicted octanol–water partition coefficient (Wildman–Crippen LogP) is 3.98. The Morgan fingerprint density at radius 2 is 1.85 bits per heavy atom. The minimum Gasteiger partial charge on any atom is -0.476 e. The molecule has 2 aliphatic rings. The monoisotopic (exact) mass is 649 g/mol. The van der Waals surface area contributed by atoms with Crippen LogP contribution in [0.25, 0.3) is 16.9 Å². The summed E-state index contributed by atoms with van der Waals surface area (Å²) in [6.07, 6.45) is 4.50. The van der Waals surface area contributed by atoms with Crippen molar-refractivity contribution in [2.75, 3.05) is 78.4 Å². The van der Waals surface area contributed by atoms with Crippen LogP contribution < -0.4 is 10.1 Å². The lowest BCUT2D eigenvalue weighted by Gasteiger charge is -2.44. The van der Waals surface area contributed by atoms with Gasteiger partial charge in [0.25, 0.3) is 5.91 Å². The van der Waals surface area contributed by atoms with Crippen LogP contribution in [0.15, 0.2) is 48.9 Å². The van der Waals surface area contributed by atoms with Crippen LogP contribution in [-0.2, 0) is 0 Å². The number of nitriles is 1. The number of rotatable bonds is 10. The molecular weight excluding hydrogens is 616 g/mol. The van der Waals surface area contributed by atoms with E-state index in [0.717, 1.165) is 39.3 Å². The number of halogens is 3. The summed E-state index contributed by atoms with van der Waals surface area (Å²) in [4.78, 5) is 31.1. The molecule has 14 heteroatoms. The Morgan fingerprint density at radius 3 is 2.57 bits per heavy atom. The van der Waals surface area contributed by atoms with Crippen LogP contribution in [0.2, 0.25) is 5.02 Å². The average Bonchev–Trinajstić information content (AvgIpc) is 3.46. The third-order valence-electron chi connectivity index (χ3n) is 8.57. The Hall–Kier alpha value is -4.35. The van der Waals surface area contributed by atoms with E-state index >= 15 is 0 Å². The number of nitrogens with one attached hydrogen (secondary N) is 1. The van der Waals surface area contributed by atoms with Crippen molar-refractivity contribution >= 4 is 34.7 Å². The quantitative estimate of drug-likeness (QED) is 0.273. The van der Waals surface area contributed by atoms with E-state index in [1.54, 1.807) is 34.9 Å². The average molecular weight is 650 g/mol. The van der Waals surface area contributed by atoms with Crippen LogP contribution >= 0.6 is 11.6 Å². The van der Waals surface area contributed by atoms with Crippen molar-refractivity contribution in [3.05, 3.63) is 71.1 Å². The maximum atomic E-state index is 15.0. The fourth-order valence-corrected chi connectivity index (χ4v) is 6.00. The standard InChI is InChI=1S/C32H34ClF2N9O2/c1-40(2)22-19-42(20-22)11-10-41-12-14-43(15-13-41)32(45)23-4-3-21(17-25(23)33)39-30-31-38-18-26(44(31)9-8-37-30)24-5-6-27(46-16-7-36)29(35)28(24)34/h3-6,8-9,17-18,22H,10-16,19-20H2,1-2H3,(H,37,39). The number of hydrogen-bond donors (Lipinski definition) is 1. The number of imidazole rings is 1. The lowest BCUT2D eigenvalue weighted by molar-refractivity contribution is 0.0431. The second-order valence-corrected chi connectivity index (χ2v) is 12.0. The summed E-state index contributed by atoms with van der Waals surface area (Å²) < 4.78 is 36.1. The zero-order valence-corrected chi connectivity index (χ0v) is 26.3. The number of ether oxygens (including phenoxy) is 1. The van der Waals surface area contributed by atoms with Crippen molar-refractivity contribution in [1.82, 2.24) is 34.0 Å². The third kappa shape index (κ3) is 6.47. The molecule has 1 N–H and O–H groups in total. The van der Waals surface area contributed by atoms with Crippen molar-refractivity contribution in [2.24, 2.45) is 0 Å². The molecule has 1 amide bonds. The van der Waals surface area contributed by atoms with Crippen LogP contribution in [0, 0.1) is 23.0 Å². The van der Waals surface area contributed by atoms with Gasteiger partial charge < -0.3 is 19.9 Å². The molecule has 2 saturated heterocycles. The van der Waals surface area contributed by atoms with E-state index < -0.39 is 18.2 Å². The smallest absolute Gasteiger partial charge is 0.255 e. The molecule has 2 aliphatic heterocycles. The number of carbonyl (C=O) groups excluding carboxylic acids is 1. The van der Waals surface area contributed by atoms with Gasteiger partial charge in [-0.1, -0.05) is 11.6 Å². The number of carbonyl (C=O) groups is 1. The number of nitrogens with zero attached hydrogens (tertiary/aromatic N) is 8. The molecule has 11 nitrogen and oxygen atoms in total. The molecule has 2 fully saturated rings. The first kappa shape index (κ1) is 31.6. The Labute approximate surface area is 270 Å². The van der Waals surface area contributed by atoms with Crippen molar-refractivity contribution in [3.8, 4) is 23.1 Å². The van der Waals surface area contributed by atoms with Gasteiger partial charge in [-0.15, -0.1) is 0 Å². The van der Waals surface area contributed by atoms with Gasteiger partial charge >= 0.3 is 0 Å². The van der Waals surface area contributed by atoms with E-state index in [0.29, 0.717) is 52.6 Å².